The molecule has 0 spiro atoms. The van der Waals surface area contributed by atoms with Crippen LogP contribution in [0.2, 0.25) is 0 Å². The van der Waals surface area contributed by atoms with Crippen LogP contribution in [0.1, 0.15) is 6.92 Å². The number of nitrogens with one attached hydrogen (secondary N) is 2. The van der Waals surface area contributed by atoms with Gasteiger partial charge in [0.15, 0.2) is 17.0 Å². The van der Waals surface area contributed by atoms with Gasteiger partial charge < -0.3 is 15.7 Å². The highest BCUT2D eigenvalue weighted by Gasteiger charge is 2.10. The molecule has 0 aliphatic carbocycles. The normalized spacial score (nSPS) is 12.1. The molecule has 0 fully saturated rings. The van der Waals surface area contributed by atoms with Crippen LogP contribution in [0.4, 0.5) is 21.8 Å². The van der Waals surface area contributed by atoms with Gasteiger partial charge in [-0.2, -0.15) is 9.97 Å². The molecular formula is C15H15FN6O. The van der Waals surface area contributed by atoms with Crippen molar-refractivity contribution in [3.05, 3.63) is 42.5 Å². The lowest BCUT2D eigenvalue weighted by atomic mass is 10.3. The number of benzene rings is 1. The van der Waals surface area contributed by atoms with E-state index < -0.39 is 6.10 Å². The zero-order chi connectivity index (χ0) is 16.2. The number of hydrogen-bond acceptors (Lipinski definition) is 7. The van der Waals surface area contributed by atoms with E-state index >= 15 is 0 Å². The van der Waals surface area contributed by atoms with Gasteiger partial charge in [0.1, 0.15) is 5.82 Å². The molecule has 2 heterocycles. The van der Waals surface area contributed by atoms with Crippen molar-refractivity contribution in [3.8, 4) is 0 Å². The second kappa shape index (κ2) is 6.49. The topological polar surface area (TPSA) is 95.8 Å². The van der Waals surface area contributed by atoms with Crippen molar-refractivity contribution in [1.82, 2.24) is 19.9 Å². The third-order valence-corrected chi connectivity index (χ3v) is 3.00. The third kappa shape index (κ3) is 3.67. The molecule has 0 aliphatic heterocycles. The summed E-state index contributed by atoms with van der Waals surface area (Å²) in [6.07, 6.45) is 2.55. The highest BCUT2D eigenvalue weighted by atomic mass is 19.1. The van der Waals surface area contributed by atoms with E-state index in [1.165, 1.54) is 18.3 Å². The number of aliphatic hydroxyl groups excluding tert-OH is 1. The predicted octanol–water partition coefficient (Wildman–Crippen LogP) is 2.10. The van der Waals surface area contributed by atoms with E-state index in [1.54, 1.807) is 25.3 Å². The van der Waals surface area contributed by atoms with Gasteiger partial charge >= 0.3 is 0 Å². The maximum Gasteiger partial charge on any atom is 0.226 e. The fourth-order valence-electron chi connectivity index (χ4n) is 1.94. The second-order valence-corrected chi connectivity index (χ2v) is 4.99. The molecule has 0 saturated carbocycles. The molecule has 0 radical (unpaired) electrons. The minimum atomic E-state index is -0.537. The van der Waals surface area contributed by atoms with Crippen LogP contribution < -0.4 is 10.6 Å². The maximum absolute atomic E-state index is 13.0. The highest BCUT2D eigenvalue weighted by molar-refractivity contribution is 5.85. The fraction of sp³-hybridized carbons (Fsp3) is 0.200. The fourth-order valence-corrected chi connectivity index (χ4v) is 1.94. The molecule has 0 amide bonds. The molecule has 1 unspecified atom stereocenters. The van der Waals surface area contributed by atoms with E-state index in [-0.39, 0.29) is 5.82 Å². The number of aliphatic hydroxyl groups is 1. The van der Waals surface area contributed by atoms with Crippen molar-refractivity contribution < 1.29 is 9.50 Å². The number of nitrogens with zero attached hydrogens (tertiary/aromatic N) is 4. The van der Waals surface area contributed by atoms with Crippen molar-refractivity contribution >= 4 is 28.6 Å². The van der Waals surface area contributed by atoms with Gasteiger partial charge in [0.25, 0.3) is 0 Å². The molecular weight excluding hydrogens is 299 g/mol. The molecule has 1 atom stereocenters. The Labute approximate surface area is 131 Å². The van der Waals surface area contributed by atoms with Crippen LogP contribution in [0, 0.1) is 5.82 Å². The summed E-state index contributed by atoms with van der Waals surface area (Å²) >= 11 is 0. The molecule has 7 nitrogen and oxygen atoms in total. The lowest BCUT2D eigenvalue weighted by molar-refractivity contribution is 0.208. The van der Waals surface area contributed by atoms with Crippen molar-refractivity contribution in [2.75, 3.05) is 17.2 Å². The lowest BCUT2D eigenvalue weighted by Crippen LogP contribution is -2.17. The zero-order valence-electron chi connectivity index (χ0n) is 12.4. The highest BCUT2D eigenvalue weighted by Crippen LogP contribution is 2.22. The van der Waals surface area contributed by atoms with E-state index in [0.717, 1.165) is 0 Å². The van der Waals surface area contributed by atoms with Crippen molar-refractivity contribution in [2.24, 2.45) is 0 Å². The molecule has 3 N–H and O–H groups in total. The van der Waals surface area contributed by atoms with Crippen LogP contribution in [0.15, 0.2) is 36.7 Å². The Morgan fingerprint density at radius 1 is 1.13 bits per heavy atom. The Morgan fingerprint density at radius 3 is 2.61 bits per heavy atom. The molecule has 0 aliphatic rings. The molecule has 0 bridgehead atoms. The lowest BCUT2D eigenvalue weighted by Gasteiger charge is -2.11. The van der Waals surface area contributed by atoms with Crippen molar-refractivity contribution in [2.45, 2.75) is 13.0 Å². The number of halogens is 1. The summed E-state index contributed by atoms with van der Waals surface area (Å²) in [5.74, 6) is 0.452. The number of fused-ring (bicyclic) bond motifs is 1. The molecule has 1 aromatic carbocycles. The van der Waals surface area contributed by atoms with Gasteiger partial charge in [-0.1, -0.05) is 0 Å². The largest absolute Gasteiger partial charge is 0.392 e. The predicted molar refractivity (Wildman–Crippen MR) is 85.0 cm³/mol. The Bertz CT molecular complexity index is 809. The number of rotatable bonds is 5. The van der Waals surface area contributed by atoms with Gasteiger partial charge in [0.2, 0.25) is 5.95 Å². The Hall–Kier alpha value is -2.87. The third-order valence-electron chi connectivity index (χ3n) is 3.00. The summed E-state index contributed by atoms with van der Waals surface area (Å²) in [4.78, 5) is 17.0. The minimum absolute atomic E-state index is 0.307. The van der Waals surface area contributed by atoms with E-state index in [0.29, 0.717) is 35.2 Å². The Morgan fingerprint density at radius 2 is 1.87 bits per heavy atom. The van der Waals surface area contributed by atoms with Crippen LogP contribution in [-0.2, 0) is 0 Å². The summed E-state index contributed by atoms with van der Waals surface area (Å²) in [6, 6.07) is 5.90. The summed E-state index contributed by atoms with van der Waals surface area (Å²) < 4.78 is 13.0. The van der Waals surface area contributed by atoms with Crippen LogP contribution in [0.25, 0.3) is 11.2 Å². The SMILES string of the molecule is CC(O)CNc1nc(Nc2ccc(F)cc2)c2nccnc2n1. The summed E-state index contributed by atoms with van der Waals surface area (Å²) in [5.41, 5.74) is 1.58. The summed E-state index contributed by atoms with van der Waals surface area (Å²) in [5, 5.41) is 15.4. The molecule has 0 saturated heterocycles. The van der Waals surface area contributed by atoms with E-state index in [2.05, 4.69) is 30.6 Å². The molecule has 2 aromatic heterocycles. The summed E-state index contributed by atoms with van der Waals surface area (Å²) in [7, 11) is 0. The first-order valence-corrected chi connectivity index (χ1v) is 7.05. The average Bonchev–Trinajstić information content (AvgIpc) is 2.55. The minimum Gasteiger partial charge on any atom is -0.392 e. The number of hydrogen-bond donors (Lipinski definition) is 3. The van der Waals surface area contributed by atoms with Crippen molar-refractivity contribution in [3.63, 3.8) is 0 Å². The van der Waals surface area contributed by atoms with Gasteiger partial charge in [-0.15, -0.1) is 0 Å². The number of anilines is 3. The van der Waals surface area contributed by atoms with Gasteiger partial charge in [-0.05, 0) is 31.2 Å². The molecule has 8 heteroatoms. The maximum atomic E-state index is 13.0. The van der Waals surface area contributed by atoms with Gasteiger partial charge in [-0.3, -0.25) is 0 Å². The van der Waals surface area contributed by atoms with E-state index in [1.807, 2.05) is 0 Å². The second-order valence-electron chi connectivity index (χ2n) is 4.99. The average molecular weight is 314 g/mol. The zero-order valence-corrected chi connectivity index (χ0v) is 12.4. The van der Waals surface area contributed by atoms with Gasteiger partial charge in [0.05, 0.1) is 6.10 Å². The van der Waals surface area contributed by atoms with Crippen LogP contribution in [0.5, 0.6) is 0 Å². The van der Waals surface area contributed by atoms with E-state index in [4.69, 9.17) is 0 Å². The van der Waals surface area contributed by atoms with Crippen LogP contribution >= 0.6 is 0 Å². The van der Waals surface area contributed by atoms with Crippen molar-refractivity contribution in [1.29, 1.82) is 0 Å². The van der Waals surface area contributed by atoms with Crippen LogP contribution in [0.3, 0.4) is 0 Å². The first-order chi connectivity index (χ1) is 11.1. The monoisotopic (exact) mass is 314 g/mol. The Balaban J connectivity index is 1.97. The quantitative estimate of drug-likeness (QED) is 0.663. The standard InChI is InChI=1S/C15H15FN6O/c1-9(23)8-19-15-21-13-12(17-6-7-18-13)14(22-15)20-11-4-2-10(16)3-5-11/h2-7,9,23H,8H2,1H3,(H2,18,19,20,21,22). The first kappa shape index (κ1) is 15.0. The van der Waals surface area contributed by atoms with E-state index in [9.17, 15) is 9.50 Å². The van der Waals surface area contributed by atoms with Crippen LogP contribution in [-0.4, -0.2) is 37.7 Å². The molecule has 23 heavy (non-hydrogen) atoms. The smallest absolute Gasteiger partial charge is 0.226 e. The molecule has 3 aromatic rings. The molecule has 3 rings (SSSR count). The number of aromatic nitrogens is 4. The molecule has 118 valence electrons. The van der Waals surface area contributed by atoms with Gasteiger partial charge in [-0.25, -0.2) is 14.4 Å². The van der Waals surface area contributed by atoms with Gasteiger partial charge in [0, 0.05) is 24.6 Å². The first-order valence-electron chi connectivity index (χ1n) is 7.05. The summed E-state index contributed by atoms with van der Waals surface area (Å²) in [6.45, 7) is 1.97. The Kier molecular flexibility index (Phi) is 4.24.